The Balaban J connectivity index is 0.000000493. The highest BCUT2D eigenvalue weighted by Gasteiger charge is 2.27. The van der Waals surface area contributed by atoms with E-state index < -0.39 is 11.7 Å². The van der Waals surface area contributed by atoms with Gasteiger partial charge in [0.2, 0.25) is 5.91 Å². The number of hydrogen-bond donors (Lipinski definition) is 1. The molecule has 1 aliphatic heterocycles. The Morgan fingerprint density at radius 1 is 0.976 bits per heavy atom. The second-order valence-corrected chi connectivity index (χ2v) is 12.0. The van der Waals surface area contributed by atoms with Crippen LogP contribution in [0.15, 0.2) is 49.1 Å². The monoisotopic (exact) mass is 562 g/mol. The van der Waals surface area contributed by atoms with Crippen molar-refractivity contribution >= 4 is 40.3 Å². The van der Waals surface area contributed by atoms with Gasteiger partial charge in [0, 0.05) is 72.1 Å². The molecule has 41 heavy (non-hydrogen) atoms. The van der Waals surface area contributed by atoms with Gasteiger partial charge in [-0.25, -0.2) is 9.36 Å². The number of rotatable bonds is 5. The SMILES string of the molecule is CC(C)(C)OC(=O)n1c(CN2CCN(Cc3cc4cnccc4[nH]3)C(=O)C2)cc2cnccc21.CC(C)(C)OC=O. The second kappa shape index (κ2) is 12.1. The molecule has 0 saturated carbocycles. The number of nitrogens with one attached hydrogen (secondary N) is 1. The first-order valence-corrected chi connectivity index (χ1v) is 13.5. The molecule has 5 heterocycles. The molecule has 4 aromatic rings. The van der Waals surface area contributed by atoms with Crippen molar-refractivity contribution in [3.63, 3.8) is 0 Å². The fraction of sp³-hybridized carbons (Fsp3) is 0.433. The van der Waals surface area contributed by atoms with Crippen LogP contribution in [0.3, 0.4) is 0 Å². The summed E-state index contributed by atoms with van der Waals surface area (Å²) in [7, 11) is 0. The smallest absolute Gasteiger partial charge is 0.419 e. The Kier molecular flexibility index (Phi) is 8.77. The molecule has 218 valence electrons. The van der Waals surface area contributed by atoms with Gasteiger partial charge in [-0.1, -0.05) is 0 Å². The molecule has 0 unspecified atom stereocenters. The van der Waals surface area contributed by atoms with Crippen molar-refractivity contribution in [2.45, 2.75) is 65.8 Å². The van der Waals surface area contributed by atoms with E-state index in [0.717, 1.165) is 33.2 Å². The number of H-pyrrole nitrogens is 1. The summed E-state index contributed by atoms with van der Waals surface area (Å²) in [5.74, 6) is 0.0598. The quantitative estimate of drug-likeness (QED) is 0.353. The van der Waals surface area contributed by atoms with Crippen molar-refractivity contribution in [1.29, 1.82) is 0 Å². The lowest BCUT2D eigenvalue weighted by molar-refractivity contribution is -0.139. The Hall–Kier alpha value is -4.25. The zero-order chi connectivity index (χ0) is 29.8. The van der Waals surface area contributed by atoms with E-state index in [1.165, 1.54) is 0 Å². The molecular weight excluding hydrogens is 524 g/mol. The first-order chi connectivity index (χ1) is 19.3. The summed E-state index contributed by atoms with van der Waals surface area (Å²) in [5.41, 5.74) is 2.60. The van der Waals surface area contributed by atoms with Gasteiger partial charge in [0.1, 0.15) is 11.2 Å². The van der Waals surface area contributed by atoms with Crippen LogP contribution in [0.25, 0.3) is 21.8 Å². The fourth-order valence-electron chi connectivity index (χ4n) is 4.51. The average Bonchev–Trinajstić information content (AvgIpc) is 3.44. The number of ether oxygens (including phenoxy) is 2. The van der Waals surface area contributed by atoms with Crippen molar-refractivity contribution < 1.29 is 23.9 Å². The van der Waals surface area contributed by atoms with Crippen molar-refractivity contribution in [2.75, 3.05) is 19.6 Å². The van der Waals surface area contributed by atoms with Gasteiger partial charge < -0.3 is 19.4 Å². The third-order valence-corrected chi connectivity index (χ3v) is 6.28. The van der Waals surface area contributed by atoms with E-state index in [0.29, 0.717) is 32.7 Å². The molecule has 1 saturated heterocycles. The van der Waals surface area contributed by atoms with E-state index in [1.807, 2.05) is 76.9 Å². The van der Waals surface area contributed by atoms with Crippen LogP contribution in [-0.2, 0) is 32.2 Å². The normalized spacial score (nSPS) is 14.6. The van der Waals surface area contributed by atoms with E-state index in [1.54, 1.807) is 23.2 Å². The molecule has 0 radical (unpaired) electrons. The number of carbonyl (C=O) groups is 3. The summed E-state index contributed by atoms with van der Waals surface area (Å²) >= 11 is 0. The largest absolute Gasteiger partial charge is 0.462 e. The zero-order valence-electron chi connectivity index (χ0n) is 24.5. The fourth-order valence-corrected chi connectivity index (χ4v) is 4.51. The highest BCUT2D eigenvalue weighted by atomic mass is 16.6. The summed E-state index contributed by atoms with van der Waals surface area (Å²) in [6.45, 7) is 14.1. The molecular formula is C30H38N6O5. The van der Waals surface area contributed by atoms with E-state index >= 15 is 0 Å². The number of nitrogens with zero attached hydrogens (tertiary/aromatic N) is 5. The van der Waals surface area contributed by atoms with Gasteiger partial charge in [0.15, 0.2) is 0 Å². The summed E-state index contributed by atoms with van der Waals surface area (Å²) < 4.78 is 11.8. The first-order valence-electron chi connectivity index (χ1n) is 13.5. The number of hydrogen-bond acceptors (Lipinski definition) is 8. The Morgan fingerprint density at radius 3 is 2.29 bits per heavy atom. The lowest BCUT2D eigenvalue weighted by Crippen LogP contribution is -2.49. The minimum absolute atomic E-state index is 0.0598. The third-order valence-electron chi connectivity index (χ3n) is 6.28. The predicted octanol–water partition coefficient (Wildman–Crippen LogP) is 4.50. The Morgan fingerprint density at radius 2 is 1.68 bits per heavy atom. The van der Waals surface area contributed by atoms with Crippen LogP contribution in [0.5, 0.6) is 0 Å². The van der Waals surface area contributed by atoms with Crippen molar-refractivity contribution in [3.05, 3.63) is 60.4 Å². The molecule has 5 rings (SSSR count). The van der Waals surface area contributed by atoms with Crippen LogP contribution in [0, 0.1) is 0 Å². The van der Waals surface area contributed by atoms with Crippen LogP contribution in [0.4, 0.5) is 4.79 Å². The maximum absolute atomic E-state index is 13.0. The minimum Gasteiger partial charge on any atom is -0.462 e. The van der Waals surface area contributed by atoms with E-state index in [4.69, 9.17) is 4.74 Å². The van der Waals surface area contributed by atoms with Gasteiger partial charge in [-0.3, -0.25) is 24.5 Å². The van der Waals surface area contributed by atoms with Gasteiger partial charge in [-0.05, 0) is 65.8 Å². The van der Waals surface area contributed by atoms with Crippen molar-refractivity contribution in [1.82, 2.24) is 29.3 Å². The molecule has 0 bridgehead atoms. The zero-order valence-corrected chi connectivity index (χ0v) is 24.5. The molecule has 0 spiro atoms. The molecule has 11 nitrogen and oxygen atoms in total. The van der Waals surface area contributed by atoms with Crippen LogP contribution in [0.2, 0.25) is 0 Å². The number of aromatic amines is 1. The maximum atomic E-state index is 13.0. The number of aromatic nitrogens is 4. The molecule has 1 amide bonds. The second-order valence-electron chi connectivity index (χ2n) is 12.0. The minimum atomic E-state index is -0.613. The van der Waals surface area contributed by atoms with Crippen molar-refractivity contribution in [2.24, 2.45) is 0 Å². The average molecular weight is 563 g/mol. The third kappa shape index (κ3) is 7.91. The molecule has 0 aliphatic carbocycles. The van der Waals surface area contributed by atoms with Crippen molar-refractivity contribution in [3.8, 4) is 0 Å². The highest BCUT2D eigenvalue weighted by molar-refractivity contribution is 5.90. The molecule has 0 aromatic carbocycles. The van der Waals surface area contributed by atoms with Crippen LogP contribution >= 0.6 is 0 Å². The van der Waals surface area contributed by atoms with Gasteiger partial charge in [-0.2, -0.15) is 0 Å². The van der Waals surface area contributed by atoms with Gasteiger partial charge in [0.25, 0.3) is 6.47 Å². The Labute approximate surface area is 239 Å². The number of pyridine rings is 2. The number of amides is 1. The molecule has 1 N–H and O–H groups in total. The summed E-state index contributed by atoms with van der Waals surface area (Å²) in [5, 5.41) is 1.90. The summed E-state index contributed by atoms with van der Waals surface area (Å²) in [6.07, 6.45) is 6.53. The predicted molar refractivity (Wildman–Crippen MR) is 155 cm³/mol. The highest BCUT2D eigenvalue weighted by Crippen LogP contribution is 2.23. The van der Waals surface area contributed by atoms with Gasteiger partial charge in [0.05, 0.1) is 18.6 Å². The Bertz CT molecular complexity index is 1490. The molecule has 1 fully saturated rings. The van der Waals surface area contributed by atoms with Gasteiger partial charge in [-0.15, -0.1) is 0 Å². The summed E-state index contributed by atoms with van der Waals surface area (Å²) in [6, 6.07) is 7.72. The number of fused-ring (bicyclic) bond motifs is 2. The van der Waals surface area contributed by atoms with E-state index in [2.05, 4.69) is 24.6 Å². The van der Waals surface area contributed by atoms with E-state index in [9.17, 15) is 14.4 Å². The number of carbonyl (C=O) groups excluding carboxylic acids is 3. The maximum Gasteiger partial charge on any atom is 0.419 e. The van der Waals surface area contributed by atoms with Gasteiger partial charge >= 0.3 is 6.09 Å². The topological polar surface area (TPSA) is 123 Å². The van der Waals surface area contributed by atoms with Crippen LogP contribution in [0.1, 0.15) is 52.9 Å². The lowest BCUT2D eigenvalue weighted by atomic mass is 10.2. The number of piperazine rings is 1. The van der Waals surface area contributed by atoms with E-state index in [-0.39, 0.29) is 18.1 Å². The first kappa shape index (κ1) is 29.7. The molecule has 11 heteroatoms. The van der Waals surface area contributed by atoms with Crippen LogP contribution < -0.4 is 0 Å². The molecule has 0 atom stereocenters. The lowest BCUT2D eigenvalue weighted by Gasteiger charge is -2.34. The molecule has 1 aliphatic rings. The summed E-state index contributed by atoms with van der Waals surface area (Å²) in [4.78, 5) is 51.2. The van der Waals surface area contributed by atoms with Crippen LogP contribution in [-0.4, -0.2) is 78.6 Å². The standard InChI is InChI=1S/C25H28N6O3.C5H10O2/c1-25(2,3)34-24(33)31-20(11-18-13-27-7-5-22(18)31)15-29-8-9-30(23(32)16-29)14-19-10-17-12-26-6-4-21(17)28-19;1-5(2,3)7-4-6/h4-7,10-13,28H,8-9,14-16H2,1-3H3;4H,1-3H3. The molecule has 4 aromatic heterocycles.